The predicted molar refractivity (Wildman–Crippen MR) is 77.2 cm³/mol. The highest BCUT2D eigenvalue weighted by molar-refractivity contribution is 5.71. The number of hydrogen-bond acceptors (Lipinski definition) is 4. The Morgan fingerprint density at radius 3 is 2.45 bits per heavy atom. The van der Waals surface area contributed by atoms with Crippen LogP contribution in [0.15, 0.2) is 30.3 Å². The molecule has 2 N–H and O–H groups in total. The third-order valence-electron chi connectivity index (χ3n) is 3.60. The highest BCUT2D eigenvalue weighted by atomic mass is 16.6. The van der Waals surface area contributed by atoms with Gasteiger partial charge in [0.25, 0.3) is 0 Å². The molecular formula is C16H23NO3. The van der Waals surface area contributed by atoms with E-state index in [1.165, 1.54) is 0 Å². The Morgan fingerprint density at radius 2 is 1.90 bits per heavy atom. The van der Waals surface area contributed by atoms with Crippen LogP contribution in [0.1, 0.15) is 38.7 Å². The molecule has 20 heavy (non-hydrogen) atoms. The van der Waals surface area contributed by atoms with E-state index in [9.17, 15) is 9.90 Å². The molecule has 0 unspecified atom stereocenters. The van der Waals surface area contributed by atoms with Gasteiger partial charge in [-0.25, -0.2) is 0 Å². The molecule has 0 amide bonds. The van der Waals surface area contributed by atoms with Crippen LogP contribution in [0.4, 0.5) is 0 Å². The molecule has 0 atom stereocenters. The summed E-state index contributed by atoms with van der Waals surface area (Å²) >= 11 is 0. The van der Waals surface area contributed by atoms with E-state index in [1.807, 2.05) is 30.3 Å². The molecule has 2 rings (SSSR count). The Labute approximate surface area is 120 Å². The van der Waals surface area contributed by atoms with Crippen LogP contribution in [0.2, 0.25) is 0 Å². The molecular weight excluding hydrogens is 254 g/mol. The van der Waals surface area contributed by atoms with Gasteiger partial charge in [-0.2, -0.15) is 0 Å². The summed E-state index contributed by atoms with van der Waals surface area (Å²) in [5.41, 5.74) is -0.568. The van der Waals surface area contributed by atoms with Gasteiger partial charge >= 0.3 is 5.97 Å². The van der Waals surface area contributed by atoms with E-state index in [4.69, 9.17) is 4.74 Å². The standard InChI is InChI=1S/C16H23NO3/c1-15(2,19)12-14(18)20-16(8-10-17-11-9-16)13-6-4-3-5-7-13/h3-7,17,19H,8-12H2,1-2H3. The lowest BCUT2D eigenvalue weighted by Crippen LogP contribution is -2.44. The second-order valence-electron chi connectivity index (χ2n) is 6.07. The van der Waals surface area contributed by atoms with Gasteiger partial charge in [-0.05, 0) is 32.5 Å². The van der Waals surface area contributed by atoms with Gasteiger partial charge in [0.15, 0.2) is 0 Å². The fourth-order valence-electron chi connectivity index (χ4n) is 2.63. The minimum absolute atomic E-state index is 0.00894. The lowest BCUT2D eigenvalue weighted by atomic mass is 9.84. The first-order chi connectivity index (χ1) is 9.41. The number of rotatable bonds is 4. The fourth-order valence-corrected chi connectivity index (χ4v) is 2.63. The number of benzene rings is 1. The van der Waals surface area contributed by atoms with Gasteiger partial charge in [-0.1, -0.05) is 30.3 Å². The van der Waals surface area contributed by atoms with Crippen LogP contribution in [0.3, 0.4) is 0 Å². The van der Waals surface area contributed by atoms with Crippen molar-refractivity contribution in [1.29, 1.82) is 0 Å². The minimum Gasteiger partial charge on any atom is -0.454 e. The second kappa shape index (κ2) is 5.94. The number of esters is 1. The van der Waals surface area contributed by atoms with Gasteiger partial charge in [0.1, 0.15) is 5.60 Å². The highest BCUT2D eigenvalue weighted by Gasteiger charge is 2.38. The van der Waals surface area contributed by atoms with Crippen LogP contribution < -0.4 is 5.32 Å². The van der Waals surface area contributed by atoms with Crippen LogP contribution in [0, 0.1) is 0 Å². The minimum atomic E-state index is -1.04. The van der Waals surface area contributed by atoms with Crippen molar-refractivity contribution in [3.8, 4) is 0 Å². The van der Waals surface area contributed by atoms with E-state index in [1.54, 1.807) is 13.8 Å². The summed E-state index contributed by atoms with van der Waals surface area (Å²) in [5, 5.41) is 13.0. The maximum absolute atomic E-state index is 12.1. The molecule has 0 spiro atoms. The average Bonchev–Trinajstić information content (AvgIpc) is 2.38. The summed E-state index contributed by atoms with van der Waals surface area (Å²) in [4.78, 5) is 12.1. The van der Waals surface area contributed by atoms with E-state index >= 15 is 0 Å². The zero-order chi connectivity index (χ0) is 14.6. The van der Waals surface area contributed by atoms with E-state index < -0.39 is 11.2 Å². The molecule has 1 aliphatic rings. The first-order valence-electron chi connectivity index (χ1n) is 7.12. The summed E-state index contributed by atoms with van der Waals surface area (Å²) < 4.78 is 5.80. The number of aliphatic hydroxyl groups is 1. The SMILES string of the molecule is CC(C)(O)CC(=O)OC1(c2ccccc2)CCNCC1. The van der Waals surface area contributed by atoms with Gasteiger partial charge in [0.05, 0.1) is 12.0 Å². The molecule has 0 bridgehead atoms. The fraction of sp³-hybridized carbons (Fsp3) is 0.562. The van der Waals surface area contributed by atoms with Gasteiger partial charge in [0, 0.05) is 12.8 Å². The Bertz CT molecular complexity index is 445. The quantitative estimate of drug-likeness (QED) is 0.826. The van der Waals surface area contributed by atoms with E-state index in [-0.39, 0.29) is 12.4 Å². The average molecular weight is 277 g/mol. The molecule has 1 saturated heterocycles. The van der Waals surface area contributed by atoms with Gasteiger partial charge in [-0.15, -0.1) is 0 Å². The van der Waals surface area contributed by atoms with Crippen LogP contribution in [-0.2, 0) is 15.1 Å². The maximum atomic E-state index is 12.1. The first kappa shape index (κ1) is 15.0. The van der Waals surface area contributed by atoms with Crippen molar-refractivity contribution < 1.29 is 14.6 Å². The Morgan fingerprint density at radius 1 is 1.30 bits per heavy atom. The Balaban J connectivity index is 2.18. The number of piperidine rings is 1. The molecule has 4 heteroatoms. The number of carbonyl (C=O) groups excluding carboxylic acids is 1. The summed E-state index contributed by atoms with van der Waals surface area (Å²) in [7, 11) is 0. The van der Waals surface area contributed by atoms with Crippen LogP contribution >= 0.6 is 0 Å². The van der Waals surface area contributed by atoms with Crippen molar-refractivity contribution in [2.75, 3.05) is 13.1 Å². The Hall–Kier alpha value is -1.39. The Kier molecular flexibility index (Phi) is 4.45. The maximum Gasteiger partial charge on any atom is 0.309 e. The second-order valence-corrected chi connectivity index (χ2v) is 6.07. The van der Waals surface area contributed by atoms with Crippen molar-refractivity contribution in [2.45, 2.75) is 44.3 Å². The lowest BCUT2D eigenvalue weighted by molar-refractivity contribution is -0.168. The molecule has 1 aromatic rings. The van der Waals surface area contributed by atoms with Crippen molar-refractivity contribution in [3.05, 3.63) is 35.9 Å². The van der Waals surface area contributed by atoms with E-state index in [0.717, 1.165) is 31.5 Å². The number of ether oxygens (including phenoxy) is 1. The lowest BCUT2D eigenvalue weighted by Gasteiger charge is -2.38. The predicted octanol–water partition coefficient (Wildman–Crippen LogP) is 1.97. The third kappa shape index (κ3) is 3.81. The summed E-state index contributed by atoms with van der Waals surface area (Å²) in [6, 6.07) is 9.88. The summed E-state index contributed by atoms with van der Waals surface area (Å²) in [5.74, 6) is -0.344. The van der Waals surface area contributed by atoms with Crippen LogP contribution in [0.5, 0.6) is 0 Å². The molecule has 0 aliphatic carbocycles. The molecule has 4 nitrogen and oxygen atoms in total. The monoisotopic (exact) mass is 277 g/mol. The van der Waals surface area contributed by atoms with E-state index in [2.05, 4.69) is 5.32 Å². The van der Waals surface area contributed by atoms with Crippen molar-refractivity contribution in [2.24, 2.45) is 0 Å². The normalized spacial score (nSPS) is 18.6. The van der Waals surface area contributed by atoms with Gasteiger partial charge in [-0.3, -0.25) is 4.79 Å². The first-order valence-corrected chi connectivity index (χ1v) is 7.12. The largest absolute Gasteiger partial charge is 0.454 e. The number of nitrogens with one attached hydrogen (secondary N) is 1. The van der Waals surface area contributed by atoms with Crippen molar-refractivity contribution in [3.63, 3.8) is 0 Å². The van der Waals surface area contributed by atoms with Crippen LogP contribution in [-0.4, -0.2) is 29.8 Å². The molecule has 0 radical (unpaired) electrons. The summed E-state index contributed by atoms with van der Waals surface area (Å²) in [6.07, 6.45) is 1.53. The van der Waals surface area contributed by atoms with E-state index in [0.29, 0.717) is 0 Å². The molecule has 1 heterocycles. The number of carbonyl (C=O) groups is 1. The van der Waals surface area contributed by atoms with Gasteiger partial charge < -0.3 is 15.2 Å². The molecule has 1 aromatic carbocycles. The highest BCUT2D eigenvalue weighted by Crippen LogP contribution is 2.35. The summed E-state index contributed by atoms with van der Waals surface area (Å²) in [6.45, 7) is 4.88. The zero-order valence-corrected chi connectivity index (χ0v) is 12.2. The van der Waals surface area contributed by atoms with Gasteiger partial charge in [0.2, 0.25) is 0 Å². The number of hydrogen-bond donors (Lipinski definition) is 2. The molecule has 1 aliphatic heterocycles. The molecule has 0 saturated carbocycles. The molecule has 110 valence electrons. The van der Waals surface area contributed by atoms with Crippen LogP contribution in [0.25, 0.3) is 0 Å². The third-order valence-corrected chi connectivity index (χ3v) is 3.60. The smallest absolute Gasteiger partial charge is 0.309 e. The van der Waals surface area contributed by atoms with Crippen molar-refractivity contribution >= 4 is 5.97 Å². The zero-order valence-electron chi connectivity index (χ0n) is 12.2. The molecule has 0 aromatic heterocycles. The molecule has 1 fully saturated rings. The topological polar surface area (TPSA) is 58.6 Å². The van der Waals surface area contributed by atoms with Crippen molar-refractivity contribution in [1.82, 2.24) is 5.32 Å².